The lowest BCUT2D eigenvalue weighted by Gasteiger charge is -2.30. The van der Waals surface area contributed by atoms with E-state index >= 15 is 0 Å². The first-order chi connectivity index (χ1) is 14.0. The van der Waals surface area contributed by atoms with Crippen molar-refractivity contribution in [1.29, 1.82) is 0 Å². The molecular formula is C21H27N5O3. The van der Waals surface area contributed by atoms with E-state index in [2.05, 4.69) is 22.2 Å². The van der Waals surface area contributed by atoms with E-state index in [0.29, 0.717) is 39.4 Å². The van der Waals surface area contributed by atoms with Crippen LogP contribution >= 0.6 is 0 Å². The Labute approximate surface area is 170 Å². The van der Waals surface area contributed by atoms with E-state index in [9.17, 15) is 9.90 Å². The fourth-order valence-corrected chi connectivity index (χ4v) is 3.77. The van der Waals surface area contributed by atoms with Crippen LogP contribution < -0.4 is 5.32 Å². The molecule has 2 aromatic rings. The molecule has 2 atom stereocenters. The van der Waals surface area contributed by atoms with Crippen molar-refractivity contribution in [2.75, 3.05) is 31.6 Å². The number of aromatic nitrogens is 2. The molecule has 1 aromatic carbocycles. The molecule has 0 aliphatic carbocycles. The molecule has 2 unspecified atom stereocenters. The number of nitrogens with zero attached hydrogens (tertiary/aromatic N) is 4. The molecule has 2 aliphatic heterocycles. The Bertz CT molecular complexity index is 882. The van der Waals surface area contributed by atoms with E-state index in [1.54, 1.807) is 13.3 Å². The Hall–Kier alpha value is -2.71. The van der Waals surface area contributed by atoms with Crippen LogP contribution in [0.2, 0.25) is 0 Å². The van der Waals surface area contributed by atoms with E-state index in [-0.39, 0.29) is 12.1 Å². The van der Waals surface area contributed by atoms with Gasteiger partial charge in [-0.25, -0.2) is 14.8 Å². The molecule has 8 heteroatoms. The van der Waals surface area contributed by atoms with Crippen LogP contribution in [0.3, 0.4) is 0 Å². The van der Waals surface area contributed by atoms with Gasteiger partial charge in [-0.2, -0.15) is 0 Å². The number of benzene rings is 1. The molecule has 0 spiro atoms. The van der Waals surface area contributed by atoms with Gasteiger partial charge in [-0.3, -0.25) is 0 Å². The molecule has 0 saturated carbocycles. The number of urea groups is 1. The third kappa shape index (κ3) is 4.18. The van der Waals surface area contributed by atoms with Crippen LogP contribution in [0.4, 0.5) is 10.6 Å². The second kappa shape index (κ2) is 8.34. The molecule has 0 radical (unpaired) electrons. The second-order valence-corrected chi connectivity index (χ2v) is 7.60. The molecule has 2 aliphatic rings. The van der Waals surface area contributed by atoms with Gasteiger partial charge in [0, 0.05) is 24.7 Å². The highest BCUT2D eigenvalue weighted by Gasteiger charge is 2.31. The van der Waals surface area contributed by atoms with Gasteiger partial charge in [0.1, 0.15) is 12.1 Å². The standard InChI is InChI=1S/C21H27N5O3/c1-14(16-4-3-5-17(10-16)15(2)27)24-20-18-11-26(12-19(18)22-13-23-20)21(28)25-6-8-29-9-7-25/h3-5,10,13-15,27H,6-9,11-12H2,1-2H3,(H,22,23,24). The summed E-state index contributed by atoms with van der Waals surface area (Å²) in [6, 6.07) is 7.91. The van der Waals surface area contributed by atoms with Gasteiger partial charge in [0.05, 0.1) is 38.1 Å². The maximum absolute atomic E-state index is 12.8. The van der Waals surface area contributed by atoms with Crippen molar-refractivity contribution in [3.63, 3.8) is 0 Å². The summed E-state index contributed by atoms with van der Waals surface area (Å²) in [6.45, 7) is 7.22. The number of anilines is 1. The summed E-state index contributed by atoms with van der Waals surface area (Å²) in [6.07, 6.45) is 1.04. The van der Waals surface area contributed by atoms with Crippen molar-refractivity contribution in [2.24, 2.45) is 0 Å². The first-order valence-corrected chi connectivity index (χ1v) is 10.0. The number of rotatable bonds is 4. The fraction of sp³-hybridized carbons (Fsp3) is 0.476. The number of carbonyl (C=O) groups is 1. The number of morpholine rings is 1. The normalized spacial score (nSPS) is 18.3. The van der Waals surface area contributed by atoms with Crippen LogP contribution in [0, 0.1) is 0 Å². The van der Waals surface area contributed by atoms with Gasteiger partial charge < -0.3 is 25.0 Å². The number of fused-ring (bicyclic) bond motifs is 1. The highest BCUT2D eigenvalue weighted by atomic mass is 16.5. The van der Waals surface area contributed by atoms with Crippen molar-refractivity contribution in [1.82, 2.24) is 19.8 Å². The van der Waals surface area contributed by atoms with Crippen molar-refractivity contribution in [3.8, 4) is 0 Å². The SMILES string of the molecule is CC(O)c1cccc(C(C)Nc2ncnc3c2CN(C(=O)N2CCOCC2)C3)c1. The van der Waals surface area contributed by atoms with Crippen molar-refractivity contribution < 1.29 is 14.6 Å². The van der Waals surface area contributed by atoms with Crippen LogP contribution in [0.25, 0.3) is 0 Å². The molecule has 29 heavy (non-hydrogen) atoms. The number of hydrogen-bond acceptors (Lipinski definition) is 6. The summed E-state index contributed by atoms with van der Waals surface area (Å²) in [5.41, 5.74) is 3.79. The summed E-state index contributed by atoms with van der Waals surface area (Å²) in [5.74, 6) is 0.752. The topological polar surface area (TPSA) is 90.8 Å². The van der Waals surface area contributed by atoms with Crippen LogP contribution in [-0.2, 0) is 17.8 Å². The maximum atomic E-state index is 12.8. The first kappa shape index (κ1) is 19.6. The molecule has 1 fully saturated rings. The molecule has 8 nitrogen and oxygen atoms in total. The zero-order valence-electron chi connectivity index (χ0n) is 16.8. The summed E-state index contributed by atoms with van der Waals surface area (Å²) >= 11 is 0. The Morgan fingerprint density at radius 2 is 1.90 bits per heavy atom. The van der Waals surface area contributed by atoms with Crippen molar-refractivity contribution in [3.05, 3.63) is 53.0 Å². The minimum Gasteiger partial charge on any atom is -0.389 e. The minimum absolute atomic E-state index is 0.00306. The van der Waals surface area contributed by atoms with E-state index in [0.717, 1.165) is 28.2 Å². The van der Waals surface area contributed by atoms with Gasteiger partial charge in [0.25, 0.3) is 0 Å². The van der Waals surface area contributed by atoms with Crippen LogP contribution in [0.5, 0.6) is 0 Å². The average molecular weight is 397 g/mol. The Morgan fingerprint density at radius 3 is 2.66 bits per heavy atom. The number of carbonyl (C=O) groups excluding carboxylic acids is 1. The molecule has 2 N–H and O–H groups in total. The lowest BCUT2D eigenvalue weighted by molar-refractivity contribution is 0.0429. The average Bonchev–Trinajstić information content (AvgIpc) is 3.19. The predicted octanol–water partition coefficient (Wildman–Crippen LogP) is 2.47. The third-order valence-corrected chi connectivity index (χ3v) is 5.52. The summed E-state index contributed by atoms with van der Waals surface area (Å²) < 4.78 is 5.34. The van der Waals surface area contributed by atoms with E-state index < -0.39 is 6.10 Å². The molecular weight excluding hydrogens is 370 g/mol. The number of aliphatic hydroxyl groups excluding tert-OH is 1. The summed E-state index contributed by atoms with van der Waals surface area (Å²) in [7, 11) is 0. The van der Waals surface area contributed by atoms with E-state index in [1.807, 2.05) is 34.1 Å². The molecule has 2 amide bonds. The molecule has 1 aromatic heterocycles. The lowest BCUT2D eigenvalue weighted by Crippen LogP contribution is -2.46. The molecule has 154 valence electrons. The van der Waals surface area contributed by atoms with Crippen molar-refractivity contribution in [2.45, 2.75) is 39.1 Å². The number of hydrogen-bond donors (Lipinski definition) is 2. The number of nitrogens with one attached hydrogen (secondary N) is 1. The fourth-order valence-electron chi connectivity index (χ4n) is 3.77. The smallest absolute Gasteiger partial charge is 0.320 e. The van der Waals surface area contributed by atoms with Gasteiger partial charge in [0.15, 0.2) is 0 Å². The Balaban J connectivity index is 1.48. The van der Waals surface area contributed by atoms with E-state index in [4.69, 9.17) is 4.74 Å². The zero-order valence-corrected chi connectivity index (χ0v) is 16.8. The van der Waals surface area contributed by atoms with Gasteiger partial charge in [-0.1, -0.05) is 24.3 Å². The van der Waals surface area contributed by atoms with Gasteiger partial charge in [0.2, 0.25) is 0 Å². The molecule has 0 bridgehead atoms. The number of amides is 2. The highest BCUT2D eigenvalue weighted by molar-refractivity contribution is 5.75. The lowest BCUT2D eigenvalue weighted by atomic mass is 10.0. The van der Waals surface area contributed by atoms with Gasteiger partial charge >= 0.3 is 6.03 Å². The van der Waals surface area contributed by atoms with Gasteiger partial charge in [-0.15, -0.1) is 0 Å². The number of ether oxygens (including phenoxy) is 1. The Kier molecular flexibility index (Phi) is 5.64. The third-order valence-electron chi connectivity index (χ3n) is 5.52. The van der Waals surface area contributed by atoms with E-state index in [1.165, 1.54) is 0 Å². The minimum atomic E-state index is -0.509. The summed E-state index contributed by atoms with van der Waals surface area (Å²) in [5, 5.41) is 13.3. The first-order valence-electron chi connectivity index (χ1n) is 10.0. The zero-order chi connectivity index (χ0) is 20.4. The monoisotopic (exact) mass is 397 g/mol. The molecule has 4 rings (SSSR count). The number of aliphatic hydroxyl groups is 1. The highest BCUT2D eigenvalue weighted by Crippen LogP contribution is 2.30. The summed E-state index contributed by atoms with van der Waals surface area (Å²) in [4.78, 5) is 25.3. The second-order valence-electron chi connectivity index (χ2n) is 7.60. The largest absolute Gasteiger partial charge is 0.389 e. The van der Waals surface area contributed by atoms with Crippen LogP contribution in [0.1, 0.15) is 48.4 Å². The van der Waals surface area contributed by atoms with Crippen LogP contribution in [0.15, 0.2) is 30.6 Å². The maximum Gasteiger partial charge on any atom is 0.320 e. The molecule has 3 heterocycles. The van der Waals surface area contributed by atoms with Crippen LogP contribution in [-0.4, -0.2) is 57.2 Å². The Morgan fingerprint density at radius 1 is 1.14 bits per heavy atom. The van der Waals surface area contributed by atoms with Gasteiger partial charge in [-0.05, 0) is 25.0 Å². The van der Waals surface area contributed by atoms with Crippen molar-refractivity contribution >= 4 is 11.8 Å². The molecule has 1 saturated heterocycles. The quantitative estimate of drug-likeness (QED) is 0.824. The predicted molar refractivity (Wildman–Crippen MR) is 108 cm³/mol.